The van der Waals surface area contributed by atoms with Crippen LogP contribution in [0.5, 0.6) is 0 Å². The van der Waals surface area contributed by atoms with Gasteiger partial charge in [0.2, 0.25) is 5.91 Å². The molecule has 1 aromatic heterocycles. The minimum atomic E-state index is -0.229. The molecule has 8 heteroatoms. The van der Waals surface area contributed by atoms with Crippen LogP contribution in [0.15, 0.2) is 72.9 Å². The monoisotopic (exact) mass is 545 g/mol. The zero-order valence-electron chi connectivity index (χ0n) is 22.0. The molecule has 2 aliphatic heterocycles. The van der Waals surface area contributed by atoms with Crippen LogP contribution in [0.3, 0.4) is 0 Å². The maximum Gasteiger partial charge on any atom is 0.226 e. The smallest absolute Gasteiger partial charge is 0.226 e. The predicted molar refractivity (Wildman–Crippen MR) is 159 cm³/mol. The van der Waals surface area contributed by atoms with E-state index in [1.54, 1.807) is 6.20 Å². The van der Waals surface area contributed by atoms with Crippen LogP contribution in [0.2, 0.25) is 5.02 Å². The van der Waals surface area contributed by atoms with Crippen LogP contribution in [-0.2, 0) is 4.79 Å². The average Bonchev–Trinajstić information content (AvgIpc) is 3.22. The normalized spacial score (nSPS) is 20.0. The fraction of sp³-hybridized carbons (Fsp3) is 0.300. The molecule has 2 N–H and O–H groups in total. The van der Waals surface area contributed by atoms with Gasteiger partial charge in [0.1, 0.15) is 0 Å². The zero-order chi connectivity index (χ0) is 27.0. The van der Waals surface area contributed by atoms with E-state index in [2.05, 4.69) is 71.4 Å². The number of anilines is 2. The van der Waals surface area contributed by atoms with Gasteiger partial charge in [-0.05, 0) is 80.5 Å². The summed E-state index contributed by atoms with van der Waals surface area (Å²) < 4.78 is 0. The number of hydrogen-bond acceptors (Lipinski definition) is 4. The van der Waals surface area contributed by atoms with E-state index in [-0.39, 0.29) is 30.0 Å². The van der Waals surface area contributed by atoms with Crippen LogP contribution < -0.4 is 15.5 Å². The zero-order valence-corrected chi connectivity index (χ0v) is 23.6. The van der Waals surface area contributed by atoms with E-state index in [1.807, 2.05) is 48.5 Å². The maximum atomic E-state index is 12.8. The van der Waals surface area contributed by atoms with Crippen molar-refractivity contribution >= 4 is 51.8 Å². The molecule has 2 aliphatic rings. The van der Waals surface area contributed by atoms with Gasteiger partial charge >= 0.3 is 0 Å². The third-order valence-corrected chi connectivity index (χ3v) is 8.17. The number of carbonyl (C=O) groups is 1. The lowest BCUT2D eigenvalue weighted by Gasteiger charge is -2.41. The number of pyridine rings is 1. The molecule has 0 saturated carbocycles. The number of benzene rings is 2. The second kappa shape index (κ2) is 10.4. The van der Waals surface area contributed by atoms with E-state index in [0.717, 1.165) is 28.2 Å². The average molecular weight is 546 g/mol. The highest BCUT2D eigenvalue weighted by atomic mass is 35.5. The molecule has 0 aliphatic carbocycles. The number of amides is 1. The number of halogens is 1. The van der Waals surface area contributed by atoms with Gasteiger partial charge in [0.05, 0.1) is 23.3 Å². The number of rotatable bonds is 6. The standard InChI is InChI=1S/C30H32ClN5OS/c1-19-18-30(2,3)35(4)25-17-23(31)22(16-21(19)25)28-27(24-12-8-9-14-32-24)34-29(38)36(28)15-13-26(37)33-20-10-6-5-7-11-20/h5-12,14,16-18,27-28H,13,15H2,1-4H3,(H,33,37)(H,34,38)/t27-,28+/m1/s1. The fourth-order valence-electron chi connectivity index (χ4n) is 5.37. The van der Waals surface area contributed by atoms with Gasteiger partial charge < -0.3 is 20.4 Å². The Labute approximate surface area is 234 Å². The molecular formula is C30H32ClN5OS. The number of nitrogens with one attached hydrogen (secondary N) is 2. The lowest BCUT2D eigenvalue weighted by molar-refractivity contribution is -0.116. The summed E-state index contributed by atoms with van der Waals surface area (Å²) in [6.07, 6.45) is 4.35. The molecule has 0 radical (unpaired) electrons. The molecule has 6 nitrogen and oxygen atoms in total. The molecule has 2 atom stereocenters. The van der Waals surface area contributed by atoms with E-state index in [0.29, 0.717) is 16.7 Å². The highest BCUT2D eigenvalue weighted by molar-refractivity contribution is 7.80. The summed E-state index contributed by atoms with van der Waals surface area (Å²) in [4.78, 5) is 21.8. The van der Waals surface area contributed by atoms with Crippen LogP contribution in [-0.4, -0.2) is 40.0 Å². The Morgan fingerprint density at radius 3 is 2.61 bits per heavy atom. The quantitative estimate of drug-likeness (QED) is 0.351. The summed E-state index contributed by atoms with van der Waals surface area (Å²) in [5.41, 5.74) is 5.93. The van der Waals surface area contributed by atoms with Crippen molar-refractivity contribution in [2.24, 2.45) is 0 Å². The summed E-state index contributed by atoms with van der Waals surface area (Å²) in [6.45, 7) is 6.97. The molecular weight excluding hydrogens is 514 g/mol. The first-order chi connectivity index (χ1) is 18.2. The fourth-order valence-corrected chi connectivity index (χ4v) is 5.97. The molecule has 38 heavy (non-hydrogen) atoms. The van der Waals surface area contributed by atoms with E-state index < -0.39 is 0 Å². The third kappa shape index (κ3) is 5.00. The number of para-hydroxylation sites is 1. The maximum absolute atomic E-state index is 12.8. The van der Waals surface area contributed by atoms with Crippen LogP contribution >= 0.6 is 23.8 Å². The second-order valence-corrected chi connectivity index (χ2v) is 11.2. The summed E-state index contributed by atoms with van der Waals surface area (Å²) in [5.74, 6) is -0.0711. The van der Waals surface area contributed by atoms with Crippen molar-refractivity contribution in [3.63, 3.8) is 0 Å². The van der Waals surface area contributed by atoms with Gasteiger partial charge in [-0.15, -0.1) is 0 Å². The topological polar surface area (TPSA) is 60.5 Å². The largest absolute Gasteiger partial charge is 0.365 e. The van der Waals surface area contributed by atoms with Gasteiger partial charge in [0.15, 0.2) is 5.11 Å². The first kappa shape index (κ1) is 26.2. The Hall–Kier alpha value is -3.42. The van der Waals surface area contributed by atoms with E-state index in [1.165, 1.54) is 5.57 Å². The predicted octanol–water partition coefficient (Wildman–Crippen LogP) is 6.37. The number of aromatic nitrogens is 1. The van der Waals surface area contributed by atoms with Crippen molar-refractivity contribution in [2.45, 2.75) is 44.8 Å². The number of hydrogen-bond donors (Lipinski definition) is 2. The molecule has 0 spiro atoms. The van der Waals surface area contributed by atoms with Gasteiger partial charge in [-0.2, -0.15) is 0 Å². The Morgan fingerprint density at radius 2 is 1.89 bits per heavy atom. The first-order valence-electron chi connectivity index (χ1n) is 12.8. The van der Waals surface area contributed by atoms with Crippen molar-refractivity contribution in [2.75, 3.05) is 23.8 Å². The summed E-state index contributed by atoms with van der Waals surface area (Å²) in [7, 11) is 2.10. The molecule has 5 rings (SSSR count). The van der Waals surface area contributed by atoms with Gasteiger partial charge in [0, 0.05) is 48.2 Å². The summed E-state index contributed by atoms with van der Waals surface area (Å²) in [5, 5.41) is 7.68. The molecule has 3 heterocycles. The Balaban J connectivity index is 1.50. The molecule has 0 bridgehead atoms. The van der Waals surface area contributed by atoms with E-state index in [9.17, 15) is 4.79 Å². The van der Waals surface area contributed by atoms with Gasteiger partial charge in [-0.25, -0.2) is 0 Å². The minimum Gasteiger partial charge on any atom is -0.365 e. The lowest BCUT2D eigenvalue weighted by Crippen LogP contribution is -2.42. The minimum absolute atomic E-state index is 0.0711. The van der Waals surface area contributed by atoms with Crippen LogP contribution in [0.1, 0.15) is 56.1 Å². The van der Waals surface area contributed by atoms with Crippen molar-refractivity contribution in [3.05, 3.63) is 94.8 Å². The summed E-state index contributed by atoms with van der Waals surface area (Å²) >= 11 is 12.8. The number of carbonyl (C=O) groups excluding carboxylic acids is 1. The molecule has 1 amide bonds. The first-order valence-corrected chi connectivity index (χ1v) is 13.5. The Morgan fingerprint density at radius 1 is 1.16 bits per heavy atom. The van der Waals surface area contributed by atoms with Crippen LogP contribution in [0, 0.1) is 0 Å². The van der Waals surface area contributed by atoms with Crippen LogP contribution in [0.4, 0.5) is 11.4 Å². The highest BCUT2D eigenvalue weighted by Gasteiger charge is 2.41. The molecule has 3 aromatic rings. The second-order valence-electron chi connectivity index (χ2n) is 10.4. The van der Waals surface area contributed by atoms with E-state index in [4.69, 9.17) is 23.8 Å². The van der Waals surface area contributed by atoms with Crippen molar-refractivity contribution < 1.29 is 4.79 Å². The van der Waals surface area contributed by atoms with Gasteiger partial charge in [-0.3, -0.25) is 9.78 Å². The van der Waals surface area contributed by atoms with E-state index >= 15 is 0 Å². The Kier molecular flexibility index (Phi) is 7.16. The lowest BCUT2D eigenvalue weighted by atomic mass is 9.86. The number of thiocarbonyl (C=S) groups is 1. The van der Waals surface area contributed by atoms with Crippen LogP contribution in [0.25, 0.3) is 5.57 Å². The molecule has 2 aromatic carbocycles. The SMILES string of the molecule is CC1=CC(C)(C)N(C)c2cc(Cl)c([C@H]3[C@@H](c4ccccn4)NC(=S)N3CCC(=O)Nc3ccccc3)cc21. The van der Waals surface area contributed by atoms with Crippen molar-refractivity contribution in [3.8, 4) is 0 Å². The van der Waals surface area contributed by atoms with Gasteiger partial charge in [-0.1, -0.05) is 41.9 Å². The highest BCUT2D eigenvalue weighted by Crippen LogP contribution is 2.46. The molecule has 1 saturated heterocycles. The number of likely N-dealkylation sites (N-methyl/N-ethyl adjacent to an activating group) is 1. The van der Waals surface area contributed by atoms with Crippen molar-refractivity contribution in [1.29, 1.82) is 0 Å². The van der Waals surface area contributed by atoms with Crippen molar-refractivity contribution in [1.82, 2.24) is 15.2 Å². The number of fused-ring (bicyclic) bond motifs is 1. The van der Waals surface area contributed by atoms with Gasteiger partial charge in [0.25, 0.3) is 0 Å². The number of nitrogens with zero attached hydrogens (tertiary/aromatic N) is 3. The third-order valence-electron chi connectivity index (χ3n) is 7.49. The molecule has 1 fully saturated rings. The summed E-state index contributed by atoms with van der Waals surface area (Å²) in [6, 6.07) is 19.1. The molecule has 196 valence electrons. The number of allylic oxidation sites excluding steroid dienone is 1. The molecule has 0 unspecified atom stereocenters. The Bertz CT molecular complexity index is 1390.